The molecule has 1 aliphatic rings. The summed E-state index contributed by atoms with van der Waals surface area (Å²) in [6.07, 6.45) is 3.84. The third-order valence-corrected chi connectivity index (χ3v) is 4.90. The second kappa shape index (κ2) is 8.78. The molecule has 0 aliphatic heterocycles. The van der Waals surface area contributed by atoms with Crippen LogP contribution in [0.25, 0.3) is 6.08 Å². The van der Waals surface area contributed by atoms with Crippen LogP contribution in [0.2, 0.25) is 0 Å². The summed E-state index contributed by atoms with van der Waals surface area (Å²) in [5.41, 5.74) is 3.24. The maximum Gasteiger partial charge on any atom is 0.349 e. The number of benzene rings is 1. The van der Waals surface area contributed by atoms with Crippen LogP contribution in [-0.4, -0.2) is 29.5 Å². The second-order valence-corrected chi connectivity index (χ2v) is 7.05. The van der Waals surface area contributed by atoms with Gasteiger partial charge in [0.25, 0.3) is 0 Å². The van der Waals surface area contributed by atoms with E-state index in [2.05, 4.69) is 4.57 Å². The largest absolute Gasteiger partial charge is 0.494 e. The molecule has 0 atom stereocenters. The fourth-order valence-corrected chi connectivity index (χ4v) is 3.33. The summed E-state index contributed by atoms with van der Waals surface area (Å²) < 4.78 is 12.7. The van der Waals surface area contributed by atoms with Crippen LogP contribution in [0.4, 0.5) is 0 Å². The number of rotatable bonds is 8. The molecule has 3 rings (SSSR count). The van der Waals surface area contributed by atoms with E-state index < -0.39 is 12.6 Å². The van der Waals surface area contributed by atoms with E-state index in [9.17, 15) is 14.9 Å². The summed E-state index contributed by atoms with van der Waals surface area (Å²) >= 11 is 0. The molecule has 29 heavy (non-hydrogen) atoms. The number of ether oxygens (including phenoxy) is 2. The average Bonchev–Trinajstić information content (AvgIpc) is 3.50. The number of hydrogen-bond acceptors (Lipinski definition) is 5. The van der Waals surface area contributed by atoms with Crippen molar-refractivity contribution in [3.63, 3.8) is 0 Å². The van der Waals surface area contributed by atoms with Gasteiger partial charge in [0.2, 0.25) is 0 Å². The lowest BCUT2D eigenvalue weighted by molar-refractivity contribution is -0.137. The van der Waals surface area contributed by atoms with Gasteiger partial charge in [-0.2, -0.15) is 5.26 Å². The van der Waals surface area contributed by atoms with Gasteiger partial charge in [-0.15, -0.1) is 0 Å². The molecular weight excluding hydrogens is 368 g/mol. The van der Waals surface area contributed by atoms with E-state index in [1.54, 1.807) is 24.3 Å². The predicted octanol–water partition coefficient (Wildman–Crippen LogP) is 4.17. The van der Waals surface area contributed by atoms with E-state index in [1.807, 2.05) is 32.9 Å². The number of Topliss-reactive ketones (excluding diaryl/α,β-unsaturated/α-hetero) is 1. The van der Waals surface area contributed by atoms with Gasteiger partial charge < -0.3 is 14.0 Å². The van der Waals surface area contributed by atoms with Crippen molar-refractivity contribution in [3.8, 4) is 11.8 Å². The van der Waals surface area contributed by atoms with Gasteiger partial charge in [-0.1, -0.05) is 0 Å². The fraction of sp³-hybridized carbons (Fsp3) is 0.348. The molecule has 0 unspecified atom stereocenters. The summed E-state index contributed by atoms with van der Waals surface area (Å²) in [7, 11) is 0. The Kier molecular flexibility index (Phi) is 6.18. The molecule has 0 saturated heterocycles. The Morgan fingerprint density at radius 2 is 1.93 bits per heavy atom. The number of carbonyl (C=O) groups excluding carboxylic acids is 2. The first-order valence-electron chi connectivity index (χ1n) is 9.68. The van der Waals surface area contributed by atoms with Gasteiger partial charge in [-0.05, 0) is 75.6 Å². The average molecular weight is 392 g/mol. The Morgan fingerprint density at radius 1 is 1.24 bits per heavy atom. The number of aryl methyl sites for hydroxylation is 1. The molecule has 0 amide bonds. The van der Waals surface area contributed by atoms with Crippen LogP contribution in [0, 0.1) is 25.2 Å². The quantitative estimate of drug-likeness (QED) is 0.291. The highest BCUT2D eigenvalue weighted by molar-refractivity contribution is 6.02. The third-order valence-electron chi connectivity index (χ3n) is 4.90. The van der Waals surface area contributed by atoms with Gasteiger partial charge in [-0.3, -0.25) is 4.79 Å². The van der Waals surface area contributed by atoms with Crippen molar-refractivity contribution in [1.29, 1.82) is 5.26 Å². The van der Waals surface area contributed by atoms with E-state index in [0.29, 0.717) is 24.0 Å². The lowest BCUT2D eigenvalue weighted by Crippen LogP contribution is -2.15. The van der Waals surface area contributed by atoms with E-state index in [4.69, 9.17) is 9.47 Å². The number of ketones is 1. The van der Waals surface area contributed by atoms with E-state index >= 15 is 0 Å². The molecule has 0 radical (unpaired) electrons. The normalized spacial score (nSPS) is 13.7. The standard InChI is InChI=1S/C23H24N2O4/c1-4-28-21-9-5-17(6-10-21)22(26)14-29-23(27)19(13-24)12-18-11-15(2)25(16(18)3)20-7-8-20/h5-6,9-12,20H,4,7-8,14H2,1-3H3/b19-12+. The van der Waals surface area contributed by atoms with Crippen molar-refractivity contribution in [3.05, 3.63) is 58.4 Å². The highest BCUT2D eigenvalue weighted by Crippen LogP contribution is 2.38. The zero-order valence-corrected chi connectivity index (χ0v) is 16.9. The highest BCUT2D eigenvalue weighted by atomic mass is 16.5. The van der Waals surface area contributed by atoms with Crippen LogP contribution < -0.4 is 4.74 Å². The molecule has 1 heterocycles. The summed E-state index contributed by atoms with van der Waals surface area (Å²) in [6, 6.07) is 11.0. The monoisotopic (exact) mass is 392 g/mol. The maximum absolute atomic E-state index is 12.3. The second-order valence-electron chi connectivity index (χ2n) is 7.05. The summed E-state index contributed by atoms with van der Waals surface area (Å²) in [6.45, 7) is 5.99. The van der Waals surface area contributed by atoms with Crippen LogP contribution in [0.1, 0.15) is 53.1 Å². The van der Waals surface area contributed by atoms with Crippen LogP contribution in [0.15, 0.2) is 35.9 Å². The van der Waals surface area contributed by atoms with Gasteiger partial charge in [-0.25, -0.2) is 4.79 Å². The molecule has 1 aliphatic carbocycles. The van der Waals surface area contributed by atoms with Gasteiger partial charge in [0.15, 0.2) is 12.4 Å². The van der Waals surface area contributed by atoms with Gasteiger partial charge in [0, 0.05) is 23.0 Å². The minimum Gasteiger partial charge on any atom is -0.494 e. The first kappa shape index (κ1) is 20.4. The van der Waals surface area contributed by atoms with Crippen molar-refractivity contribution in [1.82, 2.24) is 4.57 Å². The summed E-state index contributed by atoms with van der Waals surface area (Å²) in [5, 5.41) is 9.38. The number of carbonyl (C=O) groups is 2. The first-order valence-corrected chi connectivity index (χ1v) is 9.68. The Labute approximate surface area is 170 Å². The number of hydrogen-bond donors (Lipinski definition) is 0. The number of aromatic nitrogens is 1. The summed E-state index contributed by atoms with van der Waals surface area (Å²) in [5.74, 6) is -0.479. The van der Waals surface area contributed by atoms with Gasteiger partial charge in [0.05, 0.1) is 6.61 Å². The lowest BCUT2D eigenvalue weighted by atomic mass is 10.1. The summed E-state index contributed by atoms with van der Waals surface area (Å²) in [4.78, 5) is 24.6. The first-order chi connectivity index (χ1) is 13.9. The molecule has 1 aromatic heterocycles. The molecule has 1 fully saturated rings. The van der Waals surface area contributed by atoms with Gasteiger partial charge >= 0.3 is 5.97 Å². The number of nitriles is 1. The van der Waals surface area contributed by atoms with Crippen LogP contribution in [0.5, 0.6) is 5.75 Å². The van der Waals surface area contributed by atoms with Crippen LogP contribution in [0.3, 0.4) is 0 Å². The van der Waals surface area contributed by atoms with E-state index in [-0.39, 0.29) is 11.4 Å². The predicted molar refractivity (Wildman–Crippen MR) is 109 cm³/mol. The maximum atomic E-state index is 12.3. The molecule has 2 aromatic rings. The molecule has 1 saturated carbocycles. The molecule has 6 heteroatoms. The molecule has 1 aromatic carbocycles. The molecule has 0 bridgehead atoms. The Hall–Kier alpha value is -3.33. The van der Waals surface area contributed by atoms with Crippen LogP contribution in [-0.2, 0) is 9.53 Å². The van der Waals surface area contributed by atoms with Crippen molar-refractivity contribution >= 4 is 17.8 Å². The van der Waals surface area contributed by atoms with Crippen molar-refractivity contribution < 1.29 is 19.1 Å². The molecule has 150 valence electrons. The Morgan fingerprint density at radius 3 is 2.52 bits per heavy atom. The van der Waals surface area contributed by atoms with Crippen molar-refractivity contribution in [2.24, 2.45) is 0 Å². The Balaban J connectivity index is 1.66. The highest BCUT2D eigenvalue weighted by Gasteiger charge is 2.27. The van der Waals surface area contributed by atoms with Gasteiger partial charge in [0.1, 0.15) is 17.4 Å². The lowest BCUT2D eigenvalue weighted by Gasteiger charge is -2.07. The molecule has 0 N–H and O–H groups in total. The van der Waals surface area contributed by atoms with E-state index in [1.165, 1.54) is 6.08 Å². The fourth-order valence-electron chi connectivity index (χ4n) is 3.33. The van der Waals surface area contributed by atoms with Crippen molar-refractivity contribution in [2.45, 2.75) is 39.7 Å². The molecule has 0 spiro atoms. The minimum absolute atomic E-state index is 0.124. The molecular formula is C23H24N2O4. The Bertz CT molecular complexity index is 989. The minimum atomic E-state index is -0.803. The van der Waals surface area contributed by atoms with E-state index in [0.717, 1.165) is 29.8 Å². The zero-order valence-electron chi connectivity index (χ0n) is 16.9. The van der Waals surface area contributed by atoms with Crippen LogP contribution >= 0.6 is 0 Å². The topological polar surface area (TPSA) is 81.3 Å². The molecule has 6 nitrogen and oxygen atoms in total. The van der Waals surface area contributed by atoms with Crippen molar-refractivity contribution in [2.75, 3.05) is 13.2 Å². The third kappa shape index (κ3) is 4.75. The zero-order chi connectivity index (χ0) is 21.0. The SMILES string of the molecule is CCOc1ccc(C(=O)COC(=O)/C(C#N)=C/c2cc(C)n(C3CC3)c2C)cc1. The number of nitrogens with zero attached hydrogens (tertiary/aromatic N) is 2. The number of esters is 1. The smallest absolute Gasteiger partial charge is 0.349 e.